The van der Waals surface area contributed by atoms with Crippen LogP contribution in [0.3, 0.4) is 0 Å². The fourth-order valence-corrected chi connectivity index (χ4v) is 1.37. The monoisotopic (exact) mass is 243 g/mol. The standard InChI is InChI=1S/C12H13N5O/c1-8-2-3-11(15-7-8)16-12(18)10-6-9(17-13)4-5-14-10/h2-7H,13H2,1H3,(H,14,17)(H,15,16,18). The number of anilines is 2. The second-order valence-electron chi connectivity index (χ2n) is 3.75. The molecule has 2 aromatic heterocycles. The molecule has 0 unspecified atom stereocenters. The smallest absolute Gasteiger partial charge is 0.275 e. The first kappa shape index (κ1) is 12.0. The highest BCUT2D eigenvalue weighted by molar-refractivity contribution is 6.02. The zero-order valence-corrected chi connectivity index (χ0v) is 9.84. The number of carbonyl (C=O) groups is 1. The molecule has 0 aliphatic carbocycles. The third-order valence-corrected chi connectivity index (χ3v) is 2.31. The number of pyridine rings is 2. The molecule has 6 heteroatoms. The Morgan fingerprint density at radius 2 is 2.11 bits per heavy atom. The van der Waals surface area contributed by atoms with Gasteiger partial charge < -0.3 is 10.7 Å². The van der Waals surface area contributed by atoms with Gasteiger partial charge >= 0.3 is 0 Å². The van der Waals surface area contributed by atoms with Crippen molar-refractivity contribution in [1.82, 2.24) is 9.97 Å². The average molecular weight is 243 g/mol. The first-order valence-electron chi connectivity index (χ1n) is 5.36. The molecule has 0 aromatic carbocycles. The number of nitrogens with zero attached hydrogens (tertiary/aromatic N) is 2. The maximum Gasteiger partial charge on any atom is 0.275 e. The van der Waals surface area contributed by atoms with Crippen molar-refractivity contribution in [3.63, 3.8) is 0 Å². The third-order valence-electron chi connectivity index (χ3n) is 2.31. The number of nitrogens with one attached hydrogen (secondary N) is 2. The minimum absolute atomic E-state index is 0.271. The van der Waals surface area contributed by atoms with Crippen LogP contribution in [0.2, 0.25) is 0 Å². The number of hydrogen-bond acceptors (Lipinski definition) is 5. The summed E-state index contributed by atoms with van der Waals surface area (Å²) in [4.78, 5) is 19.9. The van der Waals surface area contributed by atoms with Gasteiger partial charge in [-0.3, -0.25) is 15.6 Å². The number of aryl methyl sites for hydroxylation is 1. The lowest BCUT2D eigenvalue weighted by Gasteiger charge is -2.05. The molecule has 2 rings (SSSR count). The van der Waals surface area contributed by atoms with Gasteiger partial charge in [0.15, 0.2) is 0 Å². The van der Waals surface area contributed by atoms with Crippen molar-refractivity contribution >= 4 is 17.4 Å². The highest BCUT2D eigenvalue weighted by atomic mass is 16.1. The molecule has 0 atom stereocenters. The lowest BCUT2D eigenvalue weighted by atomic mass is 10.3. The van der Waals surface area contributed by atoms with Crippen molar-refractivity contribution in [3.05, 3.63) is 47.9 Å². The second kappa shape index (κ2) is 5.24. The fraction of sp³-hybridized carbons (Fsp3) is 0.0833. The molecule has 0 spiro atoms. The molecule has 0 saturated carbocycles. The van der Waals surface area contributed by atoms with Gasteiger partial charge in [-0.05, 0) is 30.7 Å². The van der Waals surface area contributed by atoms with Crippen LogP contribution in [0, 0.1) is 6.92 Å². The van der Waals surface area contributed by atoms with Crippen LogP contribution in [0.5, 0.6) is 0 Å². The van der Waals surface area contributed by atoms with Crippen LogP contribution in [0.4, 0.5) is 11.5 Å². The van der Waals surface area contributed by atoms with Crippen LogP contribution in [-0.2, 0) is 0 Å². The lowest BCUT2D eigenvalue weighted by Crippen LogP contribution is -2.15. The second-order valence-corrected chi connectivity index (χ2v) is 3.75. The van der Waals surface area contributed by atoms with Crippen LogP contribution in [0.15, 0.2) is 36.7 Å². The maximum absolute atomic E-state index is 11.9. The summed E-state index contributed by atoms with van der Waals surface area (Å²) in [6, 6.07) is 6.83. The number of aromatic nitrogens is 2. The van der Waals surface area contributed by atoms with Crippen molar-refractivity contribution in [2.45, 2.75) is 6.92 Å². The Bertz CT molecular complexity index is 553. The summed E-state index contributed by atoms with van der Waals surface area (Å²) in [5.41, 5.74) is 4.37. The van der Waals surface area contributed by atoms with E-state index in [4.69, 9.17) is 5.84 Å². The van der Waals surface area contributed by atoms with E-state index in [9.17, 15) is 4.79 Å². The Morgan fingerprint density at radius 1 is 1.28 bits per heavy atom. The molecule has 0 fully saturated rings. The molecule has 6 nitrogen and oxygen atoms in total. The predicted octanol–water partition coefficient (Wildman–Crippen LogP) is 1.32. The summed E-state index contributed by atoms with van der Waals surface area (Å²) in [6.45, 7) is 1.93. The molecule has 2 aromatic rings. The van der Waals surface area contributed by atoms with Gasteiger partial charge in [-0.25, -0.2) is 4.98 Å². The predicted molar refractivity (Wildman–Crippen MR) is 69.0 cm³/mol. The Kier molecular flexibility index (Phi) is 3.49. The number of rotatable bonds is 3. The van der Waals surface area contributed by atoms with Gasteiger partial charge in [-0.2, -0.15) is 0 Å². The molecule has 0 aliphatic heterocycles. The normalized spacial score (nSPS) is 9.89. The first-order valence-corrected chi connectivity index (χ1v) is 5.36. The Balaban J connectivity index is 2.14. The van der Waals surface area contributed by atoms with Gasteiger partial charge in [0.1, 0.15) is 11.5 Å². The van der Waals surface area contributed by atoms with Crippen molar-refractivity contribution in [3.8, 4) is 0 Å². The number of nitrogens with two attached hydrogens (primary N) is 1. The minimum Gasteiger partial charge on any atom is -0.324 e. The molecular weight excluding hydrogens is 230 g/mol. The molecule has 2 heterocycles. The van der Waals surface area contributed by atoms with E-state index >= 15 is 0 Å². The van der Waals surface area contributed by atoms with E-state index in [2.05, 4.69) is 20.7 Å². The molecule has 0 aliphatic rings. The van der Waals surface area contributed by atoms with Crippen LogP contribution < -0.4 is 16.6 Å². The number of nitrogen functional groups attached to an aromatic ring is 1. The number of carbonyl (C=O) groups excluding carboxylic acids is 1. The van der Waals surface area contributed by atoms with Crippen molar-refractivity contribution in [2.75, 3.05) is 10.7 Å². The Morgan fingerprint density at radius 3 is 2.78 bits per heavy atom. The van der Waals surface area contributed by atoms with Gasteiger partial charge in [-0.15, -0.1) is 0 Å². The molecule has 0 bridgehead atoms. The zero-order chi connectivity index (χ0) is 13.0. The van der Waals surface area contributed by atoms with Gasteiger partial charge in [-0.1, -0.05) is 6.07 Å². The van der Waals surface area contributed by atoms with Gasteiger partial charge in [0, 0.05) is 12.4 Å². The van der Waals surface area contributed by atoms with Crippen molar-refractivity contribution in [1.29, 1.82) is 0 Å². The Hall–Kier alpha value is -2.47. The van der Waals surface area contributed by atoms with E-state index in [0.717, 1.165) is 5.56 Å². The molecule has 0 radical (unpaired) electrons. The van der Waals surface area contributed by atoms with E-state index in [1.54, 1.807) is 24.4 Å². The van der Waals surface area contributed by atoms with Crippen LogP contribution in [0.25, 0.3) is 0 Å². The van der Waals surface area contributed by atoms with Gasteiger partial charge in [0.2, 0.25) is 0 Å². The van der Waals surface area contributed by atoms with Gasteiger partial charge in [0.25, 0.3) is 5.91 Å². The minimum atomic E-state index is -0.330. The molecule has 0 saturated heterocycles. The maximum atomic E-state index is 11.9. The molecule has 4 N–H and O–H groups in total. The van der Waals surface area contributed by atoms with Crippen LogP contribution in [0.1, 0.15) is 16.1 Å². The van der Waals surface area contributed by atoms with E-state index in [1.807, 2.05) is 13.0 Å². The summed E-state index contributed by atoms with van der Waals surface area (Å²) in [6.07, 6.45) is 3.19. The summed E-state index contributed by atoms with van der Waals surface area (Å²) >= 11 is 0. The number of hydrogen-bond donors (Lipinski definition) is 3. The first-order chi connectivity index (χ1) is 8.69. The van der Waals surface area contributed by atoms with E-state index < -0.39 is 0 Å². The molecule has 1 amide bonds. The summed E-state index contributed by atoms with van der Waals surface area (Å²) < 4.78 is 0. The zero-order valence-electron chi connectivity index (χ0n) is 9.84. The quantitative estimate of drug-likeness (QED) is 0.558. The third kappa shape index (κ3) is 2.80. The average Bonchev–Trinajstić information content (AvgIpc) is 2.41. The topological polar surface area (TPSA) is 92.9 Å². The molecular formula is C12H13N5O. The molecule has 18 heavy (non-hydrogen) atoms. The van der Waals surface area contributed by atoms with E-state index in [0.29, 0.717) is 11.5 Å². The summed E-state index contributed by atoms with van der Waals surface area (Å²) in [5, 5.41) is 2.66. The highest BCUT2D eigenvalue weighted by Crippen LogP contribution is 2.09. The van der Waals surface area contributed by atoms with Crippen molar-refractivity contribution < 1.29 is 4.79 Å². The Labute approximate surface area is 104 Å². The van der Waals surface area contributed by atoms with Crippen LogP contribution >= 0.6 is 0 Å². The van der Waals surface area contributed by atoms with E-state index in [-0.39, 0.29) is 11.6 Å². The SMILES string of the molecule is Cc1ccc(NC(=O)c2cc(NN)ccn2)nc1. The lowest BCUT2D eigenvalue weighted by molar-refractivity contribution is 0.102. The summed E-state index contributed by atoms with van der Waals surface area (Å²) in [7, 11) is 0. The van der Waals surface area contributed by atoms with Crippen LogP contribution in [-0.4, -0.2) is 15.9 Å². The summed E-state index contributed by atoms with van der Waals surface area (Å²) in [5.74, 6) is 5.42. The fourth-order valence-electron chi connectivity index (χ4n) is 1.37. The van der Waals surface area contributed by atoms with Gasteiger partial charge in [0.05, 0.1) is 5.69 Å². The van der Waals surface area contributed by atoms with Crippen molar-refractivity contribution in [2.24, 2.45) is 5.84 Å². The highest BCUT2D eigenvalue weighted by Gasteiger charge is 2.08. The van der Waals surface area contributed by atoms with E-state index in [1.165, 1.54) is 6.20 Å². The number of amides is 1. The largest absolute Gasteiger partial charge is 0.324 e. The molecule has 92 valence electrons. The number of hydrazine groups is 1.